The normalized spacial score (nSPS) is 14.0. The van der Waals surface area contributed by atoms with Crippen molar-refractivity contribution in [3.63, 3.8) is 0 Å². The summed E-state index contributed by atoms with van der Waals surface area (Å²) in [7, 11) is 0. The molecular weight excluding hydrogens is 496 g/mol. The molecule has 1 aliphatic rings. The molecule has 1 aromatic rings. The summed E-state index contributed by atoms with van der Waals surface area (Å²) in [6.07, 6.45) is 2.07. The van der Waals surface area contributed by atoms with E-state index in [1.54, 1.807) is 0 Å². The number of benzene rings is 1. The number of ether oxygens (including phenoxy) is 8. The van der Waals surface area contributed by atoms with Gasteiger partial charge in [-0.2, -0.15) is 0 Å². The molecule has 0 radical (unpaired) electrons. The molecular formula is C27H46N2O9. The topological polar surface area (TPSA) is 115 Å². The molecule has 0 bridgehead atoms. The van der Waals surface area contributed by atoms with Crippen LogP contribution in [0.1, 0.15) is 18.4 Å². The van der Waals surface area contributed by atoms with Crippen molar-refractivity contribution in [2.24, 2.45) is 0 Å². The molecule has 0 spiro atoms. The van der Waals surface area contributed by atoms with E-state index in [-0.39, 0.29) is 6.61 Å². The predicted octanol–water partition coefficient (Wildman–Crippen LogP) is 1.78. The molecule has 0 atom stereocenters. The molecule has 1 heterocycles. The Balaban J connectivity index is 1.19. The number of carbonyl (C=O) groups is 1. The molecule has 1 fully saturated rings. The highest BCUT2D eigenvalue weighted by atomic mass is 16.6. The minimum Gasteiger partial charge on any atom is -0.445 e. The van der Waals surface area contributed by atoms with Gasteiger partial charge in [0.05, 0.1) is 92.0 Å². The number of rotatable bonds is 24. The van der Waals surface area contributed by atoms with Crippen LogP contribution in [0.25, 0.3) is 0 Å². The van der Waals surface area contributed by atoms with Crippen LogP contribution >= 0.6 is 0 Å². The maximum absolute atomic E-state index is 11.6. The number of alkyl carbamates (subject to hydrolysis) is 1. The van der Waals surface area contributed by atoms with E-state index < -0.39 is 6.09 Å². The van der Waals surface area contributed by atoms with Gasteiger partial charge >= 0.3 is 6.09 Å². The Labute approximate surface area is 226 Å². The molecule has 2 rings (SSSR count). The number of amides is 1. The molecule has 11 heteroatoms. The standard InChI is InChI=1S/C27H46N2O9/c30-27(38-24-25-4-2-1-3-5-25)29-10-11-31-12-13-32-14-15-33-16-17-34-18-19-35-20-21-36-22-23-37-26-6-8-28-9-7-26/h1-5,26,28H,6-24H2,(H,29,30). The molecule has 38 heavy (non-hydrogen) atoms. The fourth-order valence-corrected chi connectivity index (χ4v) is 3.44. The summed E-state index contributed by atoms with van der Waals surface area (Å²) in [5, 5.41) is 5.97. The van der Waals surface area contributed by atoms with Gasteiger partial charge in [-0.25, -0.2) is 4.79 Å². The van der Waals surface area contributed by atoms with E-state index in [1.807, 2.05) is 30.3 Å². The number of hydrogen-bond donors (Lipinski definition) is 2. The summed E-state index contributed by atoms with van der Waals surface area (Å²) in [5.74, 6) is 0. The Morgan fingerprint density at radius 1 is 0.684 bits per heavy atom. The first-order valence-corrected chi connectivity index (χ1v) is 13.6. The molecule has 11 nitrogen and oxygen atoms in total. The Bertz CT molecular complexity index is 663. The van der Waals surface area contributed by atoms with Crippen LogP contribution in [-0.2, 0) is 44.5 Å². The average Bonchev–Trinajstić information content (AvgIpc) is 2.95. The molecule has 0 unspecified atom stereocenters. The number of carbonyl (C=O) groups excluding carboxylic acids is 1. The third-order valence-electron chi connectivity index (χ3n) is 5.46. The second-order valence-electron chi connectivity index (χ2n) is 8.48. The summed E-state index contributed by atoms with van der Waals surface area (Å²) in [6.45, 7) is 9.40. The SMILES string of the molecule is O=C(NCCOCCOCCOCCOCCOCCOCCOC1CCNCC1)OCc1ccccc1. The van der Waals surface area contributed by atoms with Crippen molar-refractivity contribution in [1.29, 1.82) is 0 Å². The van der Waals surface area contributed by atoms with Crippen molar-refractivity contribution in [3.8, 4) is 0 Å². The minimum atomic E-state index is -0.461. The first-order chi connectivity index (χ1) is 18.8. The highest BCUT2D eigenvalue weighted by Gasteiger charge is 2.12. The number of nitrogens with one attached hydrogen (secondary N) is 2. The van der Waals surface area contributed by atoms with Gasteiger partial charge < -0.3 is 48.5 Å². The summed E-state index contributed by atoms with van der Waals surface area (Å²) in [4.78, 5) is 11.6. The monoisotopic (exact) mass is 542 g/mol. The molecule has 218 valence electrons. The van der Waals surface area contributed by atoms with Gasteiger partial charge in [0.2, 0.25) is 0 Å². The Hall–Kier alpha value is -1.83. The molecule has 0 saturated carbocycles. The summed E-state index contributed by atoms with van der Waals surface area (Å²) in [6, 6.07) is 9.52. The molecule has 1 aromatic carbocycles. The molecule has 2 N–H and O–H groups in total. The van der Waals surface area contributed by atoms with Crippen LogP contribution < -0.4 is 10.6 Å². The summed E-state index contributed by atoms with van der Waals surface area (Å²) < 4.78 is 43.7. The van der Waals surface area contributed by atoms with E-state index in [1.165, 1.54) is 0 Å². The smallest absolute Gasteiger partial charge is 0.407 e. The Morgan fingerprint density at radius 3 is 1.68 bits per heavy atom. The molecule has 1 saturated heterocycles. The fraction of sp³-hybridized carbons (Fsp3) is 0.741. The zero-order valence-electron chi connectivity index (χ0n) is 22.6. The van der Waals surface area contributed by atoms with Crippen LogP contribution in [0.2, 0.25) is 0 Å². The molecule has 0 aliphatic carbocycles. The van der Waals surface area contributed by atoms with Crippen molar-refractivity contribution < 1.29 is 42.7 Å². The lowest BCUT2D eigenvalue weighted by atomic mass is 10.1. The van der Waals surface area contributed by atoms with Crippen molar-refractivity contribution >= 4 is 6.09 Å². The highest BCUT2D eigenvalue weighted by Crippen LogP contribution is 2.06. The second-order valence-corrected chi connectivity index (χ2v) is 8.48. The Morgan fingerprint density at radius 2 is 1.16 bits per heavy atom. The van der Waals surface area contributed by atoms with Crippen LogP contribution in [0.15, 0.2) is 30.3 Å². The zero-order chi connectivity index (χ0) is 26.8. The van der Waals surface area contributed by atoms with Gasteiger partial charge in [0, 0.05) is 6.54 Å². The average molecular weight is 543 g/mol. The Kier molecular flexibility index (Phi) is 20.6. The van der Waals surface area contributed by atoms with E-state index in [0.717, 1.165) is 31.5 Å². The lowest BCUT2D eigenvalue weighted by Gasteiger charge is -2.22. The fourth-order valence-electron chi connectivity index (χ4n) is 3.44. The van der Waals surface area contributed by atoms with Gasteiger partial charge in [0.25, 0.3) is 0 Å². The largest absolute Gasteiger partial charge is 0.445 e. The molecule has 0 aromatic heterocycles. The van der Waals surface area contributed by atoms with E-state index in [0.29, 0.717) is 98.5 Å². The third kappa shape index (κ3) is 19.3. The van der Waals surface area contributed by atoms with Crippen molar-refractivity contribution in [1.82, 2.24) is 10.6 Å². The van der Waals surface area contributed by atoms with Gasteiger partial charge in [-0.05, 0) is 31.5 Å². The second kappa shape index (κ2) is 24.2. The van der Waals surface area contributed by atoms with Crippen molar-refractivity contribution in [3.05, 3.63) is 35.9 Å². The lowest BCUT2D eigenvalue weighted by molar-refractivity contribution is -0.0306. The maximum Gasteiger partial charge on any atom is 0.407 e. The maximum atomic E-state index is 11.6. The van der Waals surface area contributed by atoms with Gasteiger partial charge in [-0.1, -0.05) is 30.3 Å². The first-order valence-electron chi connectivity index (χ1n) is 13.6. The van der Waals surface area contributed by atoms with Crippen molar-refractivity contribution in [2.45, 2.75) is 25.6 Å². The van der Waals surface area contributed by atoms with Gasteiger partial charge in [0.1, 0.15) is 6.61 Å². The van der Waals surface area contributed by atoms with Crippen LogP contribution in [0.5, 0.6) is 0 Å². The van der Waals surface area contributed by atoms with E-state index in [4.69, 9.17) is 37.9 Å². The quantitative estimate of drug-likeness (QED) is 0.187. The van der Waals surface area contributed by atoms with E-state index in [9.17, 15) is 4.79 Å². The lowest BCUT2D eigenvalue weighted by Crippen LogP contribution is -2.33. The first kappa shape index (κ1) is 32.4. The van der Waals surface area contributed by atoms with Crippen molar-refractivity contribution in [2.75, 3.05) is 106 Å². The summed E-state index contributed by atoms with van der Waals surface area (Å²) >= 11 is 0. The number of piperidine rings is 1. The highest BCUT2D eigenvalue weighted by molar-refractivity contribution is 5.67. The van der Waals surface area contributed by atoms with Gasteiger partial charge in [-0.15, -0.1) is 0 Å². The van der Waals surface area contributed by atoms with E-state index >= 15 is 0 Å². The van der Waals surface area contributed by atoms with Crippen LogP contribution in [0.3, 0.4) is 0 Å². The predicted molar refractivity (Wildman–Crippen MR) is 141 cm³/mol. The third-order valence-corrected chi connectivity index (χ3v) is 5.46. The number of hydrogen-bond acceptors (Lipinski definition) is 10. The minimum absolute atomic E-state index is 0.246. The van der Waals surface area contributed by atoms with Crippen LogP contribution in [0, 0.1) is 0 Å². The molecule has 1 aliphatic heterocycles. The van der Waals surface area contributed by atoms with Crippen LogP contribution in [0.4, 0.5) is 4.79 Å². The summed E-state index contributed by atoms with van der Waals surface area (Å²) in [5.41, 5.74) is 0.944. The molecule has 1 amide bonds. The van der Waals surface area contributed by atoms with E-state index in [2.05, 4.69) is 10.6 Å². The van der Waals surface area contributed by atoms with Gasteiger partial charge in [0.15, 0.2) is 0 Å². The van der Waals surface area contributed by atoms with Crippen LogP contribution in [-0.4, -0.2) is 118 Å². The van der Waals surface area contributed by atoms with Gasteiger partial charge in [-0.3, -0.25) is 0 Å². The zero-order valence-corrected chi connectivity index (χ0v) is 22.6.